The minimum Gasteiger partial charge on any atom is -0.326 e. The highest BCUT2D eigenvalue weighted by atomic mass is 16.2. The molecule has 2 amide bonds. The van der Waals surface area contributed by atoms with Crippen molar-refractivity contribution in [3.05, 3.63) is 41.5 Å². The van der Waals surface area contributed by atoms with Crippen LogP contribution in [0.1, 0.15) is 17.2 Å². The Morgan fingerprint density at radius 3 is 2.65 bits per heavy atom. The Balaban J connectivity index is 1.93. The molecule has 4 N–H and O–H groups in total. The van der Waals surface area contributed by atoms with Crippen LogP contribution in [0.5, 0.6) is 0 Å². The molecule has 1 aromatic heterocycles. The van der Waals surface area contributed by atoms with Gasteiger partial charge in [-0.25, -0.2) is 9.78 Å². The van der Waals surface area contributed by atoms with Crippen molar-refractivity contribution in [2.45, 2.75) is 20.0 Å². The van der Waals surface area contributed by atoms with Gasteiger partial charge in [0.1, 0.15) is 5.82 Å². The Morgan fingerprint density at radius 1 is 1.40 bits per heavy atom. The Morgan fingerprint density at radius 2 is 2.10 bits per heavy atom. The van der Waals surface area contributed by atoms with Crippen LogP contribution in [0.2, 0.25) is 0 Å². The average Bonchev–Trinajstić information content (AvgIpc) is 2.85. The van der Waals surface area contributed by atoms with E-state index in [1.165, 1.54) is 4.90 Å². The van der Waals surface area contributed by atoms with Crippen LogP contribution in [0, 0.1) is 6.92 Å². The van der Waals surface area contributed by atoms with Crippen molar-refractivity contribution in [2.24, 2.45) is 5.73 Å². The van der Waals surface area contributed by atoms with Crippen LogP contribution < -0.4 is 11.1 Å². The second-order valence-electron chi connectivity index (χ2n) is 4.52. The Labute approximate surface area is 117 Å². The van der Waals surface area contributed by atoms with E-state index in [1.807, 2.05) is 31.2 Å². The van der Waals surface area contributed by atoms with E-state index in [0.29, 0.717) is 18.9 Å². The largest absolute Gasteiger partial charge is 0.326 e. The fourth-order valence-electron chi connectivity index (χ4n) is 1.69. The molecule has 7 heteroatoms. The number of aryl methyl sites for hydroxylation is 1. The number of amides is 2. The summed E-state index contributed by atoms with van der Waals surface area (Å²) >= 11 is 0. The third-order valence-corrected chi connectivity index (χ3v) is 2.81. The molecular weight excluding hydrogens is 256 g/mol. The van der Waals surface area contributed by atoms with E-state index >= 15 is 0 Å². The van der Waals surface area contributed by atoms with Gasteiger partial charge in [-0.05, 0) is 24.6 Å². The number of aromatic amines is 1. The standard InChI is InChI=1S/C13H18N6O/c1-9-15-12(18-17-9)8-19(2)13(20)16-11-5-3-10(7-14)4-6-11/h3-6H,7-8,14H2,1-2H3,(H,16,20)(H,15,17,18). The molecule has 0 atom stereocenters. The molecule has 1 heterocycles. The van der Waals surface area contributed by atoms with Crippen molar-refractivity contribution in [1.82, 2.24) is 20.1 Å². The summed E-state index contributed by atoms with van der Waals surface area (Å²) in [6, 6.07) is 7.20. The van der Waals surface area contributed by atoms with Crippen molar-refractivity contribution in [2.75, 3.05) is 12.4 Å². The highest BCUT2D eigenvalue weighted by Crippen LogP contribution is 2.10. The van der Waals surface area contributed by atoms with E-state index in [4.69, 9.17) is 5.73 Å². The minimum atomic E-state index is -0.215. The Bertz CT molecular complexity index is 577. The topological polar surface area (TPSA) is 99.9 Å². The van der Waals surface area contributed by atoms with Crippen molar-refractivity contribution < 1.29 is 4.79 Å². The minimum absolute atomic E-state index is 0.215. The molecule has 2 rings (SSSR count). The number of benzene rings is 1. The first-order chi connectivity index (χ1) is 9.58. The summed E-state index contributed by atoms with van der Waals surface area (Å²) in [5, 5.41) is 9.54. The fourth-order valence-corrected chi connectivity index (χ4v) is 1.69. The van der Waals surface area contributed by atoms with Crippen LogP contribution >= 0.6 is 0 Å². The number of carbonyl (C=O) groups is 1. The fraction of sp³-hybridized carbons (Fsp3) is 0.308. The van der Waals surface area contributed by atoms with Gasteiger partial charge in [-0.1, -0.05) is 12.1 Å². The lowest BCUT2D eigenvalue weighted by Gasteiger charge is -2.16. The Hall–Kier alpha value is -2.41. The maximum absolute atomic E-state index is 12.0. The number of nitrogens with one attached hydrogen (secondary N) is 2. The second kappa shape index (κ2) is 6.16. The molecule has 1 aromatic carbocycles. The first kappa shape index (κ1) is 14.0. The highest BCUT2D eigenvalue weighted by Gasteiger charge is 2.11. The number of nitrogens with zero attached hydrogens (tertiary/aromatic N) is 3. The predicted molar refractivity (Wildman–Crippen MR) is 75.9 cm³/mol. The average molecular weight is 274 g/mol. The van der Waals surface area contributed by atoms with Crippen LogP contribution in [-0.2, 0) is 13.1 Å². The van der Waals surface area contributed by atoms with Crippen LogP contribution in [0.15, 0.2) is 24.3 Å². The molecule has 0 bridgehead atoms. The lowest BCUT2D eigenvalue weighted by atomic mass is 10.2. The lowest BCUT2D eigenvalue weighted by molar-refractivity contribution is 0.219. The normalized spacial score (nSPS) is 10.3. The van der Waals surface area contributed by atoms with Crippen molar-refractivity contribution in [1.29, 1.82) is 0 Å². The molecule has 0 aliphatic carbocycles. The molecular formula is C13H18N6O. The highest BCUT2D eigenvalue weighted by molar-refractivity contribution is 5.89. The monoisotopic (exact) mass is 274 g/mol. The van der Waals surface area contributed by atoms with Gasteiger partial charge in [0, 0.05) is 19.3 Å². The number of carbonyl (C=O) groups excluding carboxylic acids is 1. The summed E-state index contributed by atoms with van der Waals surface area (Å²) in [6.07, 6.45) is 0. The van der Waals surface area contributed by atoms with Gasteiger partial charge in [0.05, 0.1) is 6.54 Å². The third-order valence-electron chi connectivity index (χ3n) is 2.81. The van der Waals surface area contributed by atoms with Crippen LogP contribution in [0.25, 0.3) is 0 Å². The van der Waals surface area contributed by atoms with Gasteiger partial charge in [-0.3, -0.25) is 5.10 Å². The van der Waals surface area contributed by atoms with Gasteiger partial charge in [-0.15, -0.1) is 0 Å². The SMILES string of the molecule is Cc1nc(CN(C)C(=O)Nc2ccc(CN)cc2)n[nH]1. The molecule has 106 valence electrons. The number of anilines is 1. The van der Waals surface area contributed by atoms with Crippen LogP contribution in [0.4, 0.5) is 10.5 Å². The van der Waals surface area contributed by atoms with E-state index in [0.717, 1.165) is 17.1 Å². The zero-order chi connectivity index (χ0) is 14.5. The number of hydrogen-bond acceptors (Lipinski definition) is 4. The smallest absolute Gasteiger partial charge is 0.321 e. The summed E-state index contributed by atoms with van der Waals surface area (Å²) in [5.74, 6) is 1.31. The number of H-pyrrole nitrogens is 1. The molecule has 0 spiro atoms. The van der Waals surface area contributed by atoms with E-state index in [1.54, 1.807) is 7.05 Å². The van der Waals surface area contributed by atoms with E-state index < -0.39 is 0 Å². The zero-order valence-electron chi connectivity index (χ0n) is 11.6. The van der Waals surface area contributed by atoms with Crippen LogP contribution in [-0.4, -0.2) is 33.2 Å². The van der Waals surface area contributed by atoms with E-state index in [2.05, 4.69) is 20.5 Å². The predicted octanol–water partition coefficient (Wildman–Crippen LogP) is 1.24. The summed E-state index contributed by atoms with van der Waals surface area (Å²) in [6.45, 7) is 2.64. The van der Waals surface area contributed by atoms with Gasteiger partial charge in [0.25, 0.3) is 0 Å². The van der Waals surface area contributed by atoms with Gasteiger partial charge in [0.2, 0.25) is 0 Å². The first-order valence-corrected chi connectivity index (χ1v) is 6.27. The molecule has 7 nitrogen and oxygen atoms in total. The van der Waals surface area contributed by atoms with Crippen molar-refractivity contribution >= 4 is 11.7 Å². The van der Waals surface area contributed by atoms with Crippen molar-refractivity contribution in [3.8, 4) is 0 Å². The number of nitrogens with two attached hydrogens (primary N) is 1. The summed E-state index contributed by atoms with van der Waals surface area (Å²) < 4.78 is 0. The second-order valence-corrected chi connectivity index (χ2v) is 4.52. The van der Waals surface area contributed by atoms with Crippen molar-refractivity contribution in [3.63, 3.8) is 0 Å². The van der Waals surface area contributed by atoms with Gasteiger partial charge < -0.3 is 16.0 Å². The van der Waals surface area contributed by atoms with E-state index in [-0.39, 0.29) is 6.03 Å². The molecule has 0 saturated carbocycles. The van der Waals surface area contributed by atoms with Gasteiger partial charge >= 0.3 is 6.03 Å². The zero-order valence-corrected chi connectivity index (χ0v) is 11.6. The maximum atomic E-state index is 12.0. The first-order valence-electron chi connectivity index (χ1n) is 6.27. The van der Waals surface area contributed by atoms with Gasteiger partial charge in [-0.2, -0.15) is 5.10 Å². The molecule has 2 aromatic rings. The Kier molecular flexibility index (Phi) is 4.31. The molecule has 20 heavy (non-hydrogen) atoms. The number of rotatable bonds is 4. The lowest BCUT2D eigenvalue weighted by Crippen LogP contribution is -2.31. The molecule has 0 aliphatic heterocycles. The van der Waals surface area contributed by atoms with Crippen LogP contribution in [0.3, 0.4) is 0 Å². The quantitative estimate of drug-likeness (QED) is 0.780. The van der Waals surface area contributed by atoms with E-state index in [9.17, 15) is 4.79 Å². The maximum Gasteiger partial charge on any atom is 0.321 e. The number of aromatic nitrogens is 3. The molecule has 0 fully saturated rings. The molecule has 0 unspecified atom stereocenters. The third kappa shape index (κ3) is 3.55. The molecule has 0 saturated heterocycles. The number of hydrogen-bond donors (Lipinski definition) is 3. The summed E-state index contributed by atoms with van der Waals surface area (Å²) in [7, 11) is 1.69. The van der Waals surface area contributed by atoms with Gasteiger partial charge in [0.15, 0.2) is 5.82 Å². The summed E-state index contributed by atoms with van der Waals surface area (Å²) in [5.41, 5.74) is 7.27. The molecule has 0 radical (unpaired) electrons. The number of urea groups is 1. The summed E-state index contributed by atoms with van der Waals surface area (Å²) in [4.78, 5) is 17.7. The molecule has 0 aliphatic rings.